The Balaban J connectivity index is 1.66. The zero-order chi connectivity index (χ0) is 18.5. The van der Waals surface area contributed by atoms with Crippen LogP contribution in [0.15, 0.2) is 45.8 Å². The number of hydrogen-bond donors (Lipinski definition) is 0. The lowest BCUT2D eigenvalue weighted by molar-refractivity contribution is -0.384. The van der Waals surface area contributed by atoms with Crippen molar-refractivity contribution in [1.82, 2.24) is 4.90 Å². The van der Waals surface area contributed by atoms with E-state index in [1.54, 1.807) is 0 Å². The van der Waals surface area contributed by atoms with Crippen molar-refractivity contribution < 1.29 is 23.6 Å². The largest absolute Gasteiger partial charge is 0.464 e. The molecule has 9 nitrogen and oxygen atoms in total. The van der Waals surface area contributed by atoms with E-state index in [9.17, 15) is 19.7 Å². The maximum absolute atomic E-state index is 12.1. The van der Waals surface area contributed by atoms with Crippen molar-refractivity contribution >= 4 is 11.7 Å². The second-order valence-corrected chi connectivity index (χ2v) is 5.66. The van der Waals surface area contributed by atoms with Gasteiger partial charge >= 0.3 is 5.97 Å². The van der Waals surface area contributed by atoms with Gasteiger partial charge in [-0.2, -0.15) is 0 Å². The first-order valence-electron chi connectivity index (χ1n) is 7.91. The van der Waals surface area contributed by atoms with Crippen LogP contribution in [0.3, 0.4) is 0 Å². The highest BCUT2D eigenvalue weighted by atomic mass is 16.6. The Morgan fingerprint density at radius 3 is 2.54 bits per heavy atom. The predicted octanol–water partition coefficient (Wildman–Crippen LogP) is 1.60. The monoisotopic (exact) mass is 360 g/mol. The minimum Gasteiger partial charge on any atom is -0.464 e. The maximum atomic E-state index is 12.1. The van der Waals surface area contributed by atoms with Crippen LogP contribution >= 0.6 is 0 Å². The van der Waals surface area contributed by atoms with Gasteiger partial charge in [-0.1, -0.05) is 0 Å². The fraction of sp³-hybridized carbons (Fsp3) is 0.294. The number of ether oxygens (including phenoxy) is 2. The number of benzene rings is 1. The van der Waals surface area contributed by atoms with Gasteiger partial charge < -0.3 is 13.9 Å². The molecule has 2 heterocycles. The van der Waals surface area contributed by atoms with Crippen LogP contribution in [-0.2, 0) is 11.3 Å². The molecule has 136 valence electrons. The van der Waals surface area contributed by atoms with Crippen molar-refractivity contribution in [3.63, 3.8) is 0 Å². The summed E-state index contributed by atoms with van der Waals surface area (Å²) in [4.78, 5) is 36.3. The van der Waals surface area contributed by atoms with E-state index in [0.29, 0.717) is 25.5 Å². The number of hydrogen-bond acceptors (Lipinski definition) is 8. The molecule has 1 aromatic carbocycles. The second kappa shape index (κ2) is 7.89. The third-order valence-electron chi connectivity index (χ3n) is 3.85. The molecule has 0 saturated carbocycles. The van der Waals surface area contributed by atoms with Crippen LogP contribution in [0, 0.1) is 10.1 Å². The van der Waals surface area contributed by atoms with Gasteiger partial charge in [-0.15, -0.1) is 0 Å². The first-order chi connectivity index (χ1) is 12.5. The zero-order valence-corrected chi connectivity index (χ0v) is 13.8. The SMILES string of the molecule is O=C(Oc1coc(CN2CCOCC2)cc1=O)c1ccc([N+](=O)[O-])cc1. The summed E-state index contributed by atoms with van der Waals surface area (Å²) in [6.07, 6.45) is 1.10. The van der Waals surface area contributed by atoms with Gasteiger partial charge in [0.05, 0.1) is 30.2 Å². The number of non-ortho nitro benzene ring substituents is 1. The third kappa shape index (κ3) is 4.32. The van der Waals surface area contributed by atoms with Crippen molar-refractivity contribution in [1.29, 1.82) is 0 Å². The van der Waals surface area contributed by atoms with Gasteiger partial charge in [-0.25, -0.2) is 4.79 Å². The molecule has 1 fully saturated rings. The normalized spacial score (nSPS) is 14.8. The molecule has 3 rings (SSSR count). The van der Waals surface area contributed by atoms with Crippen molar-refractivity contribution in [2.75, 3.05) is 26.3 Å². The summed E-state index contributed by atoms with van der Waals surface area (Å²) in [6, 6.07) is 6.17. The highest BCUT2D eigenvalue weighted by Crippen LogP contribution is 2.15. The fourth-order valence-corrected chi connectivity index (χ4v) is 2.45. The van der Waals surface area contributed by atoms with Crippen molar-refractivity contribution in [3.8, 4) is 5.75 Å². The number of rotatable bonds is 5. The number of carbonyl (C=O) groups is 1. The number of esters is 1. The van der Waals surface area contributed by atoms with Crippen molar-refractivity contribution in [2.45, 2.75) is 6.54 Å². The minimum absolute atomic E-state index is 0.0902. The van der Waals surface area contributed by atoms with Crippen LogP contribution in [0.5, 0.6) is 5.75 Å². The molecule has 26 heavy (non-hydrogen) atoms. The van der Waals surface area contributed by atoms with Crippen molar-refractivity contribution in [3.05, 3.63) is 68.3 Å². The summed E-state index contributed by atoms with van der Waals surface area (Å²) in [6.45, 7) is 3.24. The van der Waals surface area contributed by atoms with Gasteiger partial charge in [-0.05, 0) is 12.1 Å². The molecule has 9 heteroatoms. The van der Waals surface area contributed by atoms with Crippen molar-refractivity contribution in [2.24, 2.45) is 0 Å². The highest BCUT2D eigenvalue weighted by Gasteiger charge is 2.16. The van der Waals surface area contributed by atoms with Gasteiger partial charge in [0.15, 0.2) is 0 Å². The van der Waals surface area contributed by atoms with Crippen LogP contribution in [0.2, 0.25) is 0 Å². The molecule has 0 N–H and O–H groups in total. The van der Waals surface area contributed by atoms with Gasteiger partial charge in [0.1, 0.15) is 12.0 Å². The zero-order valence-electron chi connectivity index (χ0n) is 13.8. The summed E-state index contributed by atoms with van der Waals surface area (Å²) in [5, 5.41) is 10.6. The second-order valence-electron chi connectivity index (χ2n) is 5.66. The molecule has 1 aromatic heterocycles. The molecule has 0 bridgehead atoms. The Bertz CT molecular complexity index is 854. The summed E-state index contributed by atoms with van der Waals surface area (Å²) in [5.41, 5.74) is -0.532. The number of morpholine rings is 1. The van der Waals surface area contributed by atoms with Crippen LogP contribution < -0.4 is 10.2 Å². The Hall–Kier alpha value is -3.04. The smallest absolute Gasteiger partial charge is 0.343 e. The summed E-state index contributed by atoms with van der Waals surface area (Å²) in [5.74, 6) is -0.570. The van der Waals surface area contributed by atoms with E-state index in [4.69, 9.17) is 13.9 Å². The Labute approximate surface area is 147 Å². The minimum atomic E-state index is -0.798. The average molecular weight is 360 g/mol. The standard InChI is InChI=1S/C17H16N2O7/c20-15-9-14(10-18-5-7-24-8-6-18)25-11-16(15)26-17(21)12-1-3-13(4-2-12)19(22)23/h1-4,9,11H,5-8,10H2. The van der Waals surface area contributed by atoms with Crippen LogP contribution in [-0.4, -0.2) is 42.1 Å². The van der Waals surface area contributed by atoms with Crippen LogP contribution in [0.25, 0.3) is 0 Å². The van der Waals surface area contributed by atoms with Gasteiger partial charge in [0, 0.05) is 31.3 Å². The lowest BCUT2D eigenvalue weighted by Crippen LogP contribution is -2.35. The van der Waals surface area contributed by atoms with Gasteiger partial charge in [-0.3, -0.25) is 19.8 Å². The molecule has 1 aliphatic heterocycles. The highest BCUT2D eigenvalue weighted by molar-refractivity contribution is 5.91. The first-order valence-corrected chi connectivity index (χ1v) is 7.91. The summed E-state index contributed by atoms with van der Waals surface area (Å²) >= 11 is 0. The number of nitro groups is 1. The van der Waals surface area contributed by atoms with E-state index in [1.807, 2.05) is 0 Å². The Morgan fingerprint density at radius 1 is 1.23 bits per heavy atom. The third-order valence-corrected chi connectivity index (χ3v) is 3.85. The summed E-state index contributed by atoms with van der Waals surface area (Å²) < 4.78 is 15.7. The topological polar surface area (TPSA) is 112 Å². The van der Waals surface area contributed by atoms with E-state index >= 15 is 0 Å². The molecule has 0 amide bonds. The molecule has 0 unspecified atom stereocenters. The van der Waals surface area contributed by atoms with E-state index in [-0.39, 0.29) is 17.0 Å². The van der Waals surface area contributed by atoms with E-state index < -0.39 is 16.3 Å². The quantitative estimate of drug-likeness (QED) is 0.449. The number of nitro benzene ring substituents is 1. The molecular formula is C17H16N2O7. The fourth-order valence-electron chi connectivity index (χ4n) is 2.45. The lowest BCUT2D eigenvalue weighted by Gasteiger charge is -2.25. The molecule has 1 saturated heterocycles. The number of carbonyl (C=O) groups excluding carboxylic acids is 1. The van der Waals surface area contributed by atoms with Gasteiger partial charge in [0.2, 0.25) is 11.2 Å². The molecule has 0 radical (unpaired) electrons. The molecule has 0 spiro atoms. The maximum Gasteiger partial charge on any atom is 0.343 e. The van der Waals surface area contributed by atoms with Crippen LogP contribution in [0.4, 0.5) is 5.69 Å². The van der Waals surface area contributed by atoms with E-state index in [0.717, 1.165) is 19.4 Å². The number of nitrogens with zero attached hydrogens (tertiary/aromatic N) is 2. The Kier molecular flexibility index (Phi) is 5.40. The molecular weight excluding hydrogens is 344 g/mol. The predicted molar refractivity (Wildman–Crippen MR) is 89.1 cm³/mol. The average Bonchev–Trinajstić information content (AvgIpc) is 2.65. The van der Waals surface area contributed by atoms with E-state index in [2.05, 4.69) is 4.90 Å². The Morgan fingerprint density at radius 2 is 1.92 bits per heavy atom. The molecule has 0 atom stereocenters. The van der Waals surface area contributed by atoms with E-state index in [1.165, 1.54) is 30.3 Å². The molecule has 2 aromatic rings. The molecule has 1 aliphatic rings. The lowest BCUT2D eigenvalue weighted by atomic mass is 10.2. The summed E-state index contributed by atoms with van der Waals surface area (Å²) in [7, 11) is 0. The molecule has 0 aliphatic carbocycles. The van der Waals surface area contributed by atoms with Crippen LogP contribution in [0.1, 0.15) is 16.1 Å². The van der Waals surface area contributed by atoms with Gasteiger partial charge in [0.25, 0.3) is 5.69 Å². The first kappa shape index (κ1) is 17.8.